The Kier molecular flexibility index (Phi) is 5.13. The summed E-state index contributed by atoms with van der Waals surface area (Å²) in [5.41, 5.74) is 0. The molecular weight excluding hydrogens is 255 g/mol. The first-order valence-corrected chi connectivity index (χ1v) is 5.89. The largest absolute Gasteiger partial charge is 0.452 e. The predicted octanol–water partition coefficient (Wildman–Crippen LogP) is 2.64. The average Bonchev–Trinajstić information content (AvgIpc) is 2.64. The number of ether oxygens (including phenoxy) is 1. The van der Waals surface area contributed by atoms with Crippen LogP contribution in [0.2, 0.25) is 0 Å². The van der Waals surface area contributed by atoms with Gasteiger partial charge in [-0.3, -0.25) is 0 Å². The van der Waals surface area contributed by atoms with Crippen LogP contribution in [0.25, 0.3) is 0 Å². The maximum Gasteiger partial charge on any atom is 0.452 e. The molecule has 8 heteroatoms. The Morgan fingerprint density at radius 3 is 2.65 bits per heavy atom. The molecule has 98 valence electrons. The highest BCUT2D eigenvalue weighted by Gasteiger charge is 2.36. The van der Waals surface area contributed by atoms with Crippen molar-refractivity contribution in [2.24, 2.45) is 5.92 Å². The molecule has 0 atom stereocenters. The van der Waals surface area contributed by atoms with E-state index in [1.54, 1.807) is 0 Å². The van der Waals surface area contributed by atoms with Gasteiger partial charge in [0.2, 0.25) is 11.0 Å². The number of hydrogen-bond acceptors (Lipinski definition) is 5. The molecule has 0 aliphatic heterocycles. The molecule has 0 fully saturated rings. The zero-order valence-electron chi connectivity index (χ0n) is 9.54. The van der Waals surface area contributed by atoms with E-state index in [1.807, 2.05) is 13.8 Å². The minimum Gasteiger partial charge on any atom is -0.379 e. The van der Waals surface area contributed by atoms with Crippen molar-refractivity contribution in [1.82, 2.24) is 9.36 Å². The maximum absolute atomic E-state index is 12.2. The van der Waals surface area contributed by atoms with E-state index in [9.17, 15) is 13.2 Å². The SMILES string of the molecule is CC(C)COCCNc1nc(C(F)(F)F)ns1. The van der Waals surface area contributed by atoms with Crippen molar-refractivity contribution in [2.45, 2.75) is 20.0 Å². The van der Waals surface area contributed by atoms with Crippen LogP contribution in [0.5, 0.6) is 0 Å². The molecule has 1 aromatic rings. The van der Waals surface area contributed by atoms with Gasteiger partial charge >= 0.3 is 6.18 Å². The molecule has 0 saturated heterocycles. The number of halogens is 3. The van der Waals surface area contributed by atoms with Gasteiger partial charge in [-0.15, -0.1) is 0 Å². The number of anilines is 1. The monoisotopic (exact) mass is 269 g/mol. The summed E-state index contributed by atoms with van der Waals surface area (Å²) in [6.45, 7) is 5.52. The Labute approximate surface area is 101 Å². The second-order valence-electron chi connectivity index (χ2n) is 3.82. The van der Waals surface area contributed by atoms with Gasteiger partial charge in [-0.2, -0.15) is 22.5 Å². The van der Waals surface area contributed by atoms with Gasteiger partial charge in [0.15, 0.2) is 0 Å². The van der Waals surface area contributed by atoms with E-state index in [1.165, 1.54) is 0 Å². The summed E-state index contributed by atoms with van der Waals surface area (Å²) in [5, 5.41) is 2.89. The molecule has 0 amide bonds. The normalized spacial score (nSPS) is 12.1. The molecule has 0 aliphatic rings. The smallest absolute Gasteiger partial charge is 0.379 e. The number of rotatable bonds is 6. The molecule has 0 aliphatic carbocycles. The van der Waals surface area contributed by atoms with Gasteiger partial charge < -0.3 is 10.1 Å². The topological polar surface area (TPSA) is 47.0 Å². The first kappa shape index (κ1) is 14.2. The van der Waals surface area contributed by atoms with E-state index < -0.39 is 12.0 Å². The number of nitrogens with zero attached hydrogens (tertiary/aromatic N) is 2. The van der Waals surface area contributed by atoms with Crippen molar-refractivity contribution in [3.63, 3.8) is 0 Å². The fraction of sp³-hybridized carbons (Fsp3) is 0.778. The Morgan fingerprint density at radius 1 is 1.41 bits per heavy atom. The molecule has 1 rings (SSSR count). The van der Waals surface area contributed by atoms with Crippen LogP contribution < -0.4 is 5.32 Å². The highest BCUT2D eigenvalue weighted by Crippen LogP contribution is 2.28. The van der Waals surface area contributed by atoms with Crippen LogP contribution in [0.15, 0.2) is 0 Å². The van der Waals surface area contributed by atoms with Gasteiger partial charge in [-0.25, -0.2) is 0 Å². The second kappa shape index (κ2) is 6.15. The first-order chi connectivity index (χ1) is 7.89. The number of aromatic nitrogens is 2. The third kappa shape index (κ3) is 5.31. The molecule has 0 aromatic carbocycles. The van der Waals surface area contributed by atoms with Crippen LogP contribution in [0.4, 0.5) is 18.3 Å². The van der Waals surface area contributed by atoms with E-state index in [0.717, 1.165) is 0 Å². The summed E-state index contributed by atoms with van der Waals surface area (Å²) in [5.74, 6) is -0.665. The molecule has 1 heterocycles. The molecule has 0 bridgehead atoms. The lowest BCUT2D eigenvalue weighted by molar-refractivity contribution is -0.144. The predicted molar refractivity (Wildman–Crippen MR) is 59.1 cm³/mol. The molecule has 0 saturated carbocycles. The third-order valence-electron chi connectivity index (χ3n) is 1.65. The Morgan fingerprint density at radius 2 is 2.12 bits per heavy atom. The van der Waals surface area contributed by atoms with Crippen molar-refractivity contribution in [1.29, 1.82) is 0 Å². The zero-order valence-corrected chi connectivity index (χ0v) is 10.4. The lowest BCUT2D eigenvalue weighted by atomic mass is 10.2. The third-order valence-corrected chi connectivity index (χ3v) is 2.33. The van der Waals surface area contributed by atoms with Gasteiger partial charge in [-0.05, 0) is 5.92 Å². The van der Waals surface area contributed by atoms with Crippen molar-refractivity contribution in [3.8, 4) is 0 Å². The van der Waals surface area contributed by atoms with Gasteiger partial charge in [0.25, 0.3) is 0 Å². The highest BCUT2D eigenvalue weighted by atomic mass is 32.1. The number of alkyl halides is 3. The molecule has 0 radical (unpaired) electrons. The van der Waals surface area contributed by atoms with Crippen LogP contribution >= 0.6 is 11.5 Å². The fourth-order valence-corrected chi connectivity index (χ4v) is 1.57. The molecule has 0 unspecified atom stereocenters. The second-order valence-corrected chi connectivity index (χ2v) is 4.57. The van der Waals surface area contributed by atoms with Crippen molar-refractivity contribution >= 4 is 16.7 Å². The molecule has 0 spiro atoms. The minimum absolute atomic E-state index is 0.158. The van der Waals surface area contributed by atoms with Crippen LogP contribution in [-0.4, -0.2) is 29.1 Å². The maximum atomic E-state index is 12.2. The fourth-order valence-electron chi connectivity index (χ4n) is 0.960. The van der Waals surface area contributed by atoms with Crippen LogP contribution in [0.1, 0.15) is 19.7 Å². The molecule has 1 N–H and O–H groups in total. The minimum atomic E-state index is -4.48. The Hall–Kier alpha value is -0.890. The van der Waals surface area contributed by atoms with Gasteiger partial charge in [0.1, 0.15) is 0 Å². The van der Waals surface area contributed by atoms with Crippen molar-refractivity contribution in [2.75, 3.05) is 25.1 Å². The molecule has 4 nitrogen and oxygen atoms in total. The summed E-state index contributed by atoms with van der Waals surface area (Å²) < 4.78 is 45.0. The van der Waals surface area contributed by atoms with E-state index in [0.29, 0.717) is 37.2 Å². The summed E-state index contributed by atoms with van der Waals surface area (Å²) in [6, 6.07) is 0. The zero-order chi connectivity index (χ0) is 12.9. The quantitative estimate of drug-likeness (QED) is 0.806. The first-order valence-electron chi connectivity index (χ1n) is 5.12. The van der Waals surface area contributed by atoms with Crippen LogP contribution in [-0.2, 0) is 10.9 Å². The summed E-state index contributed by atoms with van der Waals surface area (Å²) >= 11 is 0.693. The average molecular weight is 269 g/mol. The Bertz CT molecular complexity index is 340. The van der Waals surface area contributed by atoms with Gasteiger partial charge in [-0.1, -0.05) is 13.8 Å². The van der Waals surface area contributed by atoms with Gasteiger partial charge in [0.05, 0.1) is 6.61 Å². The highest BCUT2D eigenvalue weighted by molar-refractivity contribution is 7.09. The summed E-state index contributed by atoms with van der Waals surface area (Å²) in [4.78, 5) is 3.33. The molecule has 1 aromatic heterocycles. The molecular formula is C9H14F3N3OS. The van der Waals surface area contributed by atoms with E-state index in [-0.39, 0.29) is 5.13 Å². The Balaban J connectivity index is 2.26. The summed E-state index contributed by atoms with van der Waals surface area (Å²) in [6.07, 6.45) is -4.48. The van der Waals surface area contributed by atoms with Gasteiger partial charge in [0, 0.05) is 24.7 Å². The standard InChI is InChI=1S/C9H14F3N3OS/c1-6(2)5-16-4-3-13-8-14-7(15-17-8)9(10,11)12/h6H,3-5H2,1-2H3,(H,13,14,15). The molecule has 17 heavy (non-hydrogen) atoms. The number of hydrogen-bond donors (Lipinski definition) is 1. The lowest BCUT2D eigenvalue weighted by Crippen LogP contribution is -2.12. The number of nitrogens with one attached hydrogen (secondary N) is 1. The lowest BCUT2D eigenvalue weighted by Gasteiger charge is -2.06. The van der Waals surface area contributed by atoms with Crippen LogP contribution in [0.3, 0.4) is 0 Å². The van der Waals surface area contributed by atoms with Crippen molar-refractivity contribution < 1.29 is 17.9 Å². The van der Waals surface area contributed by atoms with E-state index >= 15 is 0 Å². The van der Waals surface area contributed by atoms with E-state index in [4.69, 9.17) is 4.74 Å². The summed E-state index contributed by atoms with van der Waals surface area (Å²) in [7, 11) is 0. The van der Waals surface area contributed by atoms with Crippen molar-refractivity contribution in [3.05, 3.63) is 5.82 Å². The van der Waals surface area contributed by atoms with Crippen LogP contribution in [0, 0.1) is 5.92 Å². The van der Waals surface area contributed by atoms with E-state index in [2.05, 4.69) is 14.7 Å².